The fourth-order valence-electron chi connectivity index (χ4n) is 2.58. The zero-order valence-electron chi connectivity index (χ0n) is 11.5. The van der Waals surface area contributed by atoms with Crippen LogP contribution in [0.4, 0.5) is 0 Å². The van der Waals surface area contributed by atoms with Crippen molar-refractivity contribution in [2.75, 3.05) is 18.1 Å². The van der Waals surface area contributed by atoms with Crippen LogP contribution in [-0.4, -0.2) is 48.3 Å². The highest BCUT2D eigenvalue weighted by Crippen LogP contribution is 2.19. The van der Waals surface area contributed by atoms with Crippen LogP contribution in [0, 0.1) is 6.92 Å². The Morgan fingerprint density at radius 2 is 2.20 bits per heavy atom. The molecule has 0 saturated carbocycles. The summed E-state index contributed by atoms with van der Waals surface area (Å²) in [7, 11) is -3.07. The first-order chi connectivity index (χ1) is 9.35. The Hall–Kier alpha value is -1.63. The maximum Gasteiger partial charge on any atom is 0.261 e. The monoisotopic (exact) mass is 298 g/mol. The van der Waals surface area contributed by atoms with Crippen LogP contribution in [0.25, 0.3) is 0 Å². The smallest absolute Gasteiger partial charge is 0.261 e. The van der Waals surface area contributed by atoms with Gasteiger partial charge in [0.05, 0.1) is 11.5 Å². The maximum absolute atomic E-state index is 12.5. The molecule has 1 aliphatic heterocycles. The molecule has 1 atom stereocenters. The van der Waals surface area contributed by atoms with E-state index in [2.05, 4.69) is 4.98 Å². The van der Waals surface area contributed by atoms with E-state index in [-0.39, 0.29) is 23.1 Å². The summed E-state index contributed by atoms with van der Waals surface area (Å²) in [6.45, 7) is 3.86. The summed E-state index contributed by atoms with van der Waals surface area (Å²) in [4.78, 5) is 28.3. The quantitative estimate of drug-likeness (QED) is 0.871. The number of amides is 1. The summed E-state index contributed by atoms with van der Waals surface area (Å²) in [5.41, 5.74) is 0.256. The number of aromatic nitrogens is 1. The van der Waals surface area contributed by atoms with Crippen molar-refractivity contribution in [3.8, 4) is 0 Å². The van der Waals surface area contributed by atoms with Gasteiger partial charge in [-0.05, 0) is 31.9 Å². The topological polar surface area (TPSA) is 87.3 Å². The highest BCUT2D eigenvalue weighted by Gasteiger charge is 2.35. The summed E-state index contributed by atoms with van der Waals surface area (Å²) in [6.07, 6.45) is 1.93. The van der Waals surface area contributed by atoms with E-state index in [9.17, 15) is 18.0 Å². The molecular formula is C13H18N2O4S. The second kappa shape index (κ2) is 5.40. The van der Waals surface area contributed by atoms with Gasteiger partial charge in [-0.2, -0.15) is 0 Å². The Morgan fingerprint density at radius 3 is 2.70 bits per heavy atom. The largest absolute Gasteiger partial charge is 0.335 e. The first-order valence-electron chi connectivity index (χ1n) is 6.55. The number of hydrogen-bond donors (Lipinski definition) is 1. The van der Waals surface area contributed by atoms with E-state index in [4.69, 9.17) is 0 Å². The molecule has 1 fully saturated rings. The number of aromatic amines is 1. The molecule has 1 aromatic heterocycles. The molecule has 2 heterocycles. The third-order valence-electron chi connectivity index (χ3n) is 3.63. The van der Waals surface area contributed by atoms with Crippen LogP contribution >= 0.6 is 0 Å². The third kappa shape index (κ3) is 2.77. The summed E-state index contributed by atoms with van der Waals surface area (Å²) in [5.74, 6) is -0.309. The van der Waals surface area contributed by atoms with E-state index >= 15 is 0 Å². The normalized spacial score (nSPS) is 20.8. The second-order valence-corrected chi connectivity index (χ2v) is 7.24. The average molecular weight is 298 g/mol. The Kier molecular flexibility index (Phi) is 3.99. The van der Waals surface area contributed by atoms with Gasteiger partial charge in [0.2, 0.25) is 0 Å². The van der Waals surface area contributed by atoms with Crippen LogP contribution in [0.3, 0.4) is 0 Å². The van der Waals surface area contributed by atoms with Gasteiger partial charge in [0.25, 0.3) is 11.5 Å². The van der Waals surface area contributed by atoms with Crippen LogP contribution < -0.4 is 5.56 Å². The minimum absolute atomic E-state index is 0.0175. The Bertz CT molecular complexity index is 678. The fraction of sp³-hybridized carbons (Fsp3) is 0.538. The lowest BCUT2D eigenvalue weighted by Gasteiger charge is -2.27. The van der Waals surface area contributed by atoms with Crippen LogP contribution in [0.5, 0.6) is 0 Å². The summed E-state index contributed by atoms with van der Waals surface area (Å²) in [5, 5.41) is 0. The van der Waals surface area contributed by atoms with E-state index < -0.39 is 21.3 Å². The minimum atomic E-state index is -3.07. The van der Waals surface area contributed by atoms with Gasteiger partial charge in [0.1, 0.15) is 5.56 Å². The van der Waals surface area contributed by atoms with Gasteiger partial charge in [0, 0.05) is 18.8 Å². The molecular weight excluding hydrogens is 280 g/mol. The number of carbonyl (C=O) groups excluding carboxylic acids is 1. The average Bonchev–Trinajstić information content (AvgIpc) is 2.70. The lowest BCUT2D eigenvalue weighted by Crippen LogP contribution is -2.43. The molecule has 0 aromatic carbocycles. The number of aryl methyl sites for hydroxylation is 1. The Labute approximate surface area is 117 Å². The second-order valence-electron chi connectivity index (χ2n) is 5.01. The van der Waals surface area contributed by atoms with Crippen molar-refractivity contribution in [1.29, 1.82) is 0 Å². The van der Waals surface area contributed by atoms with Gasteiger partial charge in [-0.15, -0.1) is 0 Å². The van der Waals surface area contributed by atoms with Gasteiger partial charge in [0.15, 0.2) is 9.84 Å². The molecule has 6 nitrogen and oxygen atoms in total. The molecule has 1 aliphatic rings. The SMILES string of the molecule is CCN(C(=O)c1c(C)cc[nH]c1=O)C1CCS(=O)(=O)C1. The lowest BCUT2D eigenvalue weighted by atomic mass is 10.1. The first-order valence-corrected chi connectivity index (χ1v) is 8.37. The molecule has 110 valence electrons. The van der Waals surface area contributed by atoms with E-state index in [0.29, 0.717) is 18.5 Å². The van der Waals surface area contributed by atoms with Crippen molar-refractivity contribution in [2.45, 2.75) is 26.3 Å². The number of sulfone groups is 1. The lowest BCUT2D eigenvalue weighted by molar-refractivity contribution is 0.0706. The van der Waals surface area contributed by atoms with E-state index in [0.717, 1.165) is 0 Å². The van der Waals surface area contributed by atoms with Crippen LogP contribution in [-0.2, 0) is 9.84 Å². The molecule has 0 bridgehead atoms. The van der Waals surface area contributed by atoms with Crippen molar-refractivity contribution in [2.24, 2.45) is 0 Å². The van der Waals surface area contributed by atoms with Gasteiger partial charge < -0.3 is 9.88 Å². The minimum Gasteiger partial charge on any atom is -0.335 e. The van der Waals surface area contributed by atoms with E-state index in [1.54, 1.807) is 19.9 Å². The Balaban J connectivity index is 2.33. The Morgan fingerprint density at radius 1 is 1.50 bits per heavy atom. The molecule has 20 heavy (non-hydrogen) atoms. The van der Waals surface area contributed by atoms with E-state index in [1.807, 2.05) is 0 Å². The number of nitrogens with one attached hydrogen (secondary N) is 1. The zero-order chi connectivity index (χ0) is 14.9. The highest BCUT2D eigenvalue weighted by atomic mass is 32.2. The summed E-state index contributed by atoms with van der Waals surface area (Å²) >= 11 is 0. The molecule has 1 unspecified atom stereocenters. The molecule has 1 saturated heterocycles. The number of hydrogen-bond acceptors (Lipinski definition) is 4. The summed E-state index contributed by atoms with van der Waals surface area (Å²) < 4.78 is 23.1. The number of rotatable bonds is 3. The molecule has 7 heteroatoms. The molecule has 0 radical (unpaired) electrons. The van der Waals surface area contributed by atoms with Crippen molar-refractivity contribution < 1.29 is 13.2 Å². The van der Waals surface area contributed by atoms with Crippen molar-refractivity contribution >= 4 is 15.7 Å². The van der Waals surface area contributed by atoms with Gasteiger partial charge in [-0.25, -0.2) is 8.42 Å². The summed E-state index contributed by atoms with van der Waals surface area (Å²) in [6, 6.07) is 1.32. The fourth-order valence-corrected chi connectivity index (χ4v) is 4.31. The van der Waals surface area contributed by atoms with E-state index in [1.165, 1.54) is 11.1 Å². The number of pyridine rings is 1. The van der Waals surface area contributed by atoms with Crippen molar-refractivity contribution in [1.82, 2.24) is 9.88 Å². The maximum atomic E-state index is 12.5. The highest BCUT2D eigenvalue weighted by molar-refractivity contribution is 7.91. The molecule has 1 amide bonds. The standard InChI is InChI=1S/C13H18N2O4S/c1-3-15(10-5-7-20(18,19)8-10)13(17)11-9(2)4-6-14-12(11)16/h4,6,10H,3,5,7-8H2,1-2H3,(H,14,16). The molecule has 1 N–H and O–H groups in total. The van der Waals surface area contributed by atoms with Crippen LogP contribution in [0.2, 0.25) is 0 Å². The molecule has 0 spiro atoms. The van der Waals surface area contributed by atoms with Gasteiger partial charge >= 0.3 is 0 Å². The molecule has 2 rings (SSSR count). The van der Waals surface area contributed by atoms with Crippen molar-refractivity contribution in [3.63, 3.8) is 0 Å². The number of H-pyrrole nitrogens is 1. The molecule has 0 aliphatic carbocycles. The van der Waals surface area contributed by atoms with Crippen LogP contribution in [0.15, 0.2) is 17.1 Å². The number of nitrogens with zero attached hydrogens (tertiary/aromatic N) is 1. The number of carbonyl (C=O) groups is 1. The predicted octanol–water partition coefficient (Wildman–Crippen LogP) is 0.333. The van der Waals surface area contributed by atoms with Crippen molar-refractivity contribution in [3.05, 3.63) is 33.7 Å². The zero-order valence-corrected chi connectivity index (χ0v) is 12.4. The predicted molar refractivity (Wildman–Crippen MR) is 75.6 cm³/mol. The van der Waals surface area contributed by atoms with Crippen LogP contribution in [0.1, 0.15) is 29.3 Å². The van der Waals surface area contributed by atoms with Gasteiger partial charge in [-0.3, -0.25) is 9.59 Å². The third-order valence-corrected chi connectivity index (χ3v) is 5.38. The molecule has 1 aromatic rings. The van der Waals surface area contributed by atoms with Gasteiger partial charge in [-0.1, -0.05) is 0 Å². The first kappa shape index (κ1) is 14.8.